The SMILES string of the molecule is Oc1ccc2ccc(O)c3c2c1[C@H](c1cccc2ccccc12)C[C@H]3c1cccc2ccccc12. The number of phenolic OH excluding ortho intramolecular Hbond substituents is 2. The van der Waals surface area contributed by atoms with E-state index in [2.05, 4.69) is 84.9 Å². The average Bonchev–Trinajstić information content (AvgIpc) is 2.91. The molecular formula is C33H24O2. The molecule has 0 aliphatic heterocycles. The van der Waals surface area contributed by atoms with Gasteiger partial charge in [0.05, 0.1) is 0 Å². The Labute approximate surface area is 203 Å². The highest BCUT2D eigenvalue weighted by Gasteiger charge is 2.35. The van der Waals surface area contributed by atoms with Crippen LogP contribution >= 0.6 is 0 Å². The summed E-state index contributed by atoms with van der Waals surface area (Å²) in [5.41, 5.74) is 4.26. The molecule has 35 heavy (non-hydrogen) atoms. The van der Waals surface area contributed by atoms with Gasteiger partial charge >= 0.3 is 0 Å². The van der Waals surface area contributed by atoms with Gasteiger partial charge in [-0.25, -0.2) is 0 Å². The first kappa shape index (κ1) is 20.1. The minimum atomic E-state index is -0.0110. The fourth-order valence-electron chi connectivity index (χ4n) is 6.30. The lowest BCUT2D eigenvalue weighted by Crippen LogP contribution is -2.17. The smallest absolute Gasteiger partial charge is 0.120 e. The summed E-state index contributed by atoms with van der Waals surface area (Å²) in [4.78, 5) is 0. The average molecular weight is 453 g/mol. The first-order valence-electron chi connectivity index (χ1n) is 12.1. The van der Waals surface area contributed by atoms with Crippen molar-refractivity contribution in [1.82, 2.24) is 0 Å². The van der Waals surface area contributed by atoms with Crippen LogP contribution in [0.15, 0.2) is 109 Å². The van der Waals surface area contributed by atoms with Crippen LogP contribution in [0.4, 0.5) is 0 Å². The van der Waals surface area contributed by atoms with Crippen LogP contribution in [0.2, 0.25) is 0 Å². The highest BCUT2D eigenvalue weighted by atomic mass is 16.3. The van der Waals surface area contributed by atoms with Crippen LogP contribution in [0.3, 0.4) is 0 Å². The van der Waals surface area contributed by atoms with Gasteiger partial charge in [0.15, 0.2) is 0 Å². The molecule has 1 aliphatic rings. The van der Waals surface area contributed by atoms with E-state index >= 15 is 0 Å². The molecule has 0 spiro atoms. The zero-order valence-corrected chi connectivity index (χ0v) is 19.1. The molecular weight excluding hydrogens is 428 g/mol. The number of hydrogen-bond acceptors (Lipinski definition) is 2. The van der Waals surface area contributed by atoms with Crippen LogP contribution < -0.4 is 0 Å². The maximum Gasteiger partial charge on any atom is 0.120 e. The van der Waals surface area contributed by atoms with E-state index in [0.717, 1.165) is 28.3 Å². The van der Waals surface area contributed by atoms with Crippen LogP contribution in [0.5, 0.6) is 11.5 Å². The van der Waals surface area contributed by atoms with Gasteiger partial charge in [-0.3, -0.25) is 0 Å². The Kier molecular flexibility index (Phi) is 4.37. The molecule has 0 saturated heterocycles. The molecule has 2 nitrogen and oxygen atoms in total. The second kappa shape index (κ2) is 7.61. The molecule has 6 aromatic rings. The van der Waals surface area contributed by atoms with E-state index in [1.54, 1.807) is 12.1 Å². The van der Waals surface area contributed by atoms with Crippen LogP contribution in [0, 0.1) is 0 Å². The number of aromatic hydroxyl groups is 2. The van der Waals surface area contributed by atoms with Crippen molar-refractivity contribution in [1.29, 1.82) is 0 Å². The van der Waals surface area contributed by atoms with E-state index in [0.29, 0.717) is 11.5 Å². The molecule has 2 atom stereocenters. The third kappa shape index (κ3) is 2.96. The Balaban J connectivity index is 1.59. The predicted octanol–water partition coefficient (Wildman–Crippen LogP) is 8.22. The molecule has 0 radical (unpaired) electrons. The number of benzene rings is 6. The quantitative estimate of drug-likeness (QED) is 0.278. The topological polar surface area (TPSA) is 40.5 Å². The van der Waals surface area contributed by atoms with Crippen molar-refractivity contribution in [2.75, 3.05) is 0 Å². The lowest BCUT2D eigenvalue weighted by Gasteiger charge is -2.34. The van der Waals surface area contributed by atoms with E-state index in [1.807, 2.05) is 12.1 Å². The minimum Gasteiger partial charge on any atom is -0.508 e. The van der Waals surface area contributed by atoms with Crippen molar-refractivity contribution >= 4 is 32.3 Å². The summed E-state index contributed by atoms with van der Waals surface area (Å²) in [5.74, 6) is 0.559. The molecule has 168 valence electrons. The van der Waals surface area contributed by atoms with Gasteiger partial charge in [0.25, 0.3) is 0 Å². The largest absolute Gasteiger partial charge is 0.508 e. The highest BCUT2D eigenvalue weighted by molar-refractivity contribution is 5.97. The van der Waals surface area contributed by atoms with Gasteiger partial charge in [-0.05, 0) is 62.0 Å². The Morgan fingerprint density at radius 1 is 0.457 bits per heavy atom. The van der Waals surface area contributed by atoms with E-state index in [4.69, 9.17) is 0 Å². The molecule has 0 aromatic heterocycles. The second-order valence-electron chi connectivity index (χ2n) is 9.57. The van der Waals surface area contributed by atoms with Crippen LogP contribution in [0.1, 0.15) is 40.5 Å². The first-order chi connectivity index (χ1) is 17.2. The van der Waals surface area contributed by atoms with Crippen molar-refractivity contribution in [3.63, 3.8) is 0 Å². The molecule has 0 unspecified atom stereocenters. The molecule has 0 saturated carbocycles. The molecule has 2 N–H and O–H groups in total. The van der Waals surface area contributed by atoms with Crippen LogP contribution in [-0.2, 0) is 0 Å². The van der Waals surface area contributed by atoms with Gasteiger partial charge in [-0.2, -0.15) is 0 Å². The zero-order chi connectivity index (χ0) is 23.5. The van der Waals surface area contributed by atoms with E-state index in [1.165, 1.54) is 32.7 Å². The standard InChI is InChI=1S/C33H24O2/c34-29-17-15-22-16-18-30(35)33-28(26-14-6-10-21-8-2-4-12-24(21)26)19-27(32(29)31(22)33)25-13-5-9-20-7-1-3-11-23(20)25/h1-18,27-28,34-35H,19H2/t27-,28-/m0/s1. The highest BCUT2D eigenvalue weighted by Crippen LogP contribution is 2.54. The summed E-state index contributed by atoms with van der Waals surface area (Å²) in [6, 6.07) is 37.3. The summed E-state index contributed by atoms with van der Waals surface area (Å²) < 4.78 is 0. The molecule has 6 aromatic carbocycles. The van der Waals surface area contributed by atoms with Crippen molar-refractivity contribution in [2.24, 2.45) is 0 Å². The predicted molar refractivity (Wildman–Crippen MR) is 143 cm³/mol. The summed E-state index contributed by atoms with van der Waals surface area (Å²) in [6.45, 7) is 0. The molecule has 0 fully saturated rings. The van der Waals surface area contributed by atoms with Crippen molar-refractivity contribution in [3.05, 3.63) is 131 Å². The van der Waals surface area contributed by atoms with Gasteiger partial charge in [-0.1, -0.05) is 97.1 Å². The van der Waals surface area contributed by atoms with Crippen LogP contribution in [-0.4, -0.2) is 10.2 Å². The molecule has 2 heteroatoms. The lowest BCUT2D eigenvalue weighted by molar-refractivity contribution is 0.450. The normalized spacial score (nSPS) is 17.3. The number of rotatable bonds is 2. The second-order valence-corrected chi connectivity index (χ2v) is 9.57. The first-order valence-corrected chi connectivity index (χ1v) is 12.1. The van der Waals surface area contributed by atoms with E-state index in [-0.39, 0.29) is 11.8 Å². The third-order valence-corrected chi connectivity index (χ3v) is 7.79. The van der Waals surface area contributed by atoms with Crippen molar-refractivity contribution in [2.45, 2.75) is 18.3 Å². The summed E-state index contributed by atoms with van der Waals surface area (Å²) in [7, 11) is 0. The monoisotopic (exact) mass is 452 g/mol. The van der Waals surface area contributed by atoms with Crippen LogP contribution in [0.25, 0.3) is 32.3 Å². The molecule has 0 bridgehead atoms. The van der Waals surface area contributed by atoms with Gasteiger partial charge in [-0.15, -0.1) is 0 Å². The Bertz CT molecular complexity index is 1630. The maximum atomic E-state index is 11.2. The maximum absolute atomic E-state index is 11.2. The van der Waals surface area contributed by atoms with Gasteiger partial charge in [0.2, 0.25) is 0 Å². The van der Waals surface area contributed by atoms with Crippen molar-refractivity contribution < 1.29 is 10.2 Å². The summed E-state index contributed by atoms with van der Waals surface area (Å²) in [6.07, 6.45) is 0.763. The Morgan fingerprint density at radius 2 is 0.914 bits per heavy atom. The van der Waals surface area contributed by atoms with Gasteiger partial charge in [0.1, 0.15) is 11.5 Å². The molecule has 0 amide bonds. The van der Waals surface area contributed by atoms with Crippen molar-refractivity contribution in [3.8, 4) is 11.5 Å². The molecule has 7 rings (SSSR count). The number of phenols is 2. The van der Waals surface area contributed by atoms with Gasteiger partial charge < -0.3 is 10.2 Å². The Morgan fingerprint density at radius 3 is 1.43 bits per heavy atom. The van der Waals surface area contributed by atoms with E-state index in [9.17, 15) is 10.2 Å². The summed E-state index contributed by atoms with van der Waals surface area (Å²) in [5, 5.41) is 29.2. The lowest BCUT2D eigenvalue weighted by atomic mass is 9.69. The number of fused-ring (bicyclic) bond motifs is 2. The fourth-order valence-corrected chi connectivity index (χ4v) is 6.30. The zero-order valence-electron chi connectivity index (χ0n) is 19.1. The summed E-state index contributed by atoms with van der Waals surface area (Å²) >= 11 is 0. The molecule has 0 heterocycles. The Hall–Kier alpha value is -4.30. The van der Waals surface area contributed by atoms with E-state index < -0.39 is 0 Å². The van der Waals surface area contributed by atoms with Gasteiger partial charge in [0, 0.05) is 23.0 Å². The minimum absolute atomic E-state index is 0.0110. The third-order valence-electron chi connectivity index (χ3n) is 7.79. The number of hydrogen-bond donors (Lipinski definition) is 2. The molecule has 1 aliphatic carbocycles. The fraction of sp³-hybridized carbons (Fsp3) is 0.0909.